The van der Waals surface area contributed by atoms with Gasteiger partial charge in [-0.25, -0.2) is 0 Å². The highest BCUT2D eigenvalue weighted by Gasteiger charge is 2.26. The Labute approximate surface area is 176 Å². The van der Waals surface area contributed by atoms with Crippen LogP contribution < -0.4 is 5.32 Å². The summed E-state index contributed by atoms with van der Waals surface area (Å²) in [5, 5.41) is 12.4. The monoisotopic (exact) mass is 407 g/mol. The van der Waals surface area contributed by atoms with Crippen molar-refractivity contribution in [3.63, 3.8) is 0 Å². The van der Waals surface area contributed by atoms with E-state index in [-0.39, 0.29) is 11.5 Å². The van der Waals surface area contributed by atoms with Crippen molar-refractivity contribution in [1.29, 1.82) is 0 Å². The van der Waals surface area contributed by atoms with Crippen molar-refractivity contribution in [2.75, 3.05) is 0 Å². The van der Waals surface area contributed by atoms with E-state index in [0.717, 1.165) is 19.3 Å². The van der Waals surface area contributed by atoms with Crippen molar-refractivity contribution in [1.82, 2.24) is 5.32 Å². The average molecular weight is 408 g/mol. The second-order valence-electron chi connectivity index (χ2n) is 8.13. The number of rotatable bonds is 18. The van der Waals surface area contributed by atoms with Crippen molar-refractivity contribution < 1.29 is 19.1 Å². The Kier molecular flexibility index (Phi) is 14.2. The maximum absolute atomic E-state index is 12.4. The number of aliphatic hydroxyl groups is 1. The molecule has 1 aromatic heterocycles. The van der Waals surface area contributed by atoms with Gasteiger partial charge in [0.25, 0.3) is 5.91 Å². The van der Waals surface area contributed by atoms with Gasteiger partial charge in [0.15, 0.2) is 11.5 Å². The fourth-order valence-corrected chi connectivity index (χ4v) is 3.56. The summed E-state index contributed by atoms with van der Waals surface area (Å²) >= 11 is 0. The molecule has 2 N–H and O–H groups in total. The predicted molar refractivity (Wildman–Crippen MR) is 117 cm³/mol. The van der Waals surface area contributed by atoms with Gasteiger partial charge >= 0.3 is 0 Å². The first-order chi connectivity index (χ1) is 14.1. The Morgan fingerprint density at radius 3 is 1.90 bits per heavy atom. The van der Waals surface area contributed by atoms with E-state index in [1.807, 2.05) is 0 Å². The highest BCUT2D eigenvalue weighted by Crippen LogP contribution is 2.14. The zero-order chi connectivity index (χ0) is 21.3. The third-order valence-corrected chi connectivity index (χ3v) is 5.39. The van der Waals surface area contributed by atoms with Crippen LogP contribution in [-0.2, 0) is 4.79 Å². The Balaban J connectivity index is 2.06. The predicted octanol–water partition coefficient (Wildman–Crippen LogP) is 5.81. The molecular weight excluding hydrogens is 366 g/mol. The number of hydrogen-bond donors (Lipinski definition) is 2. The zero-order valence-electron chi connectivity index (χ0n) is 18.5. The fourth-order valence-electron chi connectivity index (χ4n) is 3.56. The molecule has 166 valence electrons. The molecule has 0 spiro atoms. The maximum Gasteiger partial charge on any atom is 0.287 e. The molecule has 2 atom stereocenters. The lowest BCUT2D eigenvalue weighted by atomic mass is 10.00. The molecule has 0 bridgehead atoms. The number of carbonyl (C=O) groups excluding carboxylic acids is 2. The second kappa shape index (κ2) is 16.2. The molecule has 1 heterocycles. The smallest absolute Gasteiger partial charge is 0.287 e. The lowest BCUT2D eigenvalue weighted by molar-refractivity contribution is -0.123. The van der Waals surface area contributed by atoms with Crippen LogP contribution in [0.25, 0.3) is 0 Å². The molecule has 0 fully saturated rings. The van der Waals surface area contributed by atoms with Crippen LogP contribution in [0, 0.1) is 0 Å². The van der Waals surface area contributed by atoms with Crippen LogP contribution in [0.2, 0.25) is 0 Å². The Bertz CT molecular complexity index is 539. The third kappa shape index (κ3) is 11.8. The summed E-state index contributed by atoms with van der Waals surface area (Å²) in [5.41, 5.74) is 0. The maximum atomic E-state index is 12.4. The van der Waals surface area contributed by atoms with E-state index in [0.29, 0.717) is 6.42 Å². The SMILES string of the molecule is CCCCCCCCCCCCCCCC(=O)[C@@H](NC(=O)c1ccco1)[C@@H](C)O. The van der Waals surface area contributed by atoms with Crippen LogP contribution in [0.15, 0.2) is 22.8 Å². The number of carbonyl (C=O) groups is 2. The van der Waals surface area contributed by atoms with Gasteiger partial charge in [-0.3, -0.25) is 9.59 Å². The number of nitrogens with one attached hydrogen (secondary N) is 1. The largest absolute Gasteiger partial charge is 0.459 e. The molecule has 0 aromatic carbocycles. The minimum atomic E-state index is -0.927. The standard InChI is InChI=1S/C24H41NO4/c1-3-4-5-6-7-8-9-10-11-12-13-14-15-17-21(27)23(20(2)26)25-24(28)22-18-16-19-29-22/h16,18-20,23,26H,3-15,17H2,1-2H3,(H,25,28)/t20-,23+/m1/s1. The van der Waals surface area contributed by atoms with E-state index in [9.17, 15) is 14.7 Å². The summed E-state index contributed by atoms with van der Waals surface area (Å²) in [4.78, 5) is 24.4. The van der Waals surface area contributed by atoms with E-state index in [1.54, 1.807) is 6.07 Å². The molecule has 1 rings (SSSR count). The second-order valence-corrected chi connectivity index (χ2v) is 8.13. The normalized spacial score (nSPS) is 13.2. The van der Waals surface area contributed by atoms with Crippen LogP contribution >= 0.6 is 0 Å². The van der Waals surface area contributed by atoms with Crippen molar-refractivity contribution in [2.45, 2.75) is 116 Å². The molecule has 0 radical (unpaired) electrons. The number of Topliss-reactive ketones (excluding diaryl/α,β-unsaturated/α-hetero) is 1. The fraction of sp³-hybridized carbons (Fsp3) is 0.750. The molecule has 1 amide bonds. The summed E-state index contributed by atoms with van der Waals surface area (Å²) < 4.78 is 5.03. The van der Waals surface area contributed by atoms with E-state index in [1.165, 1.54) is 83.5 Å². The van der Waals surface area contributed by atoms with Gasteiger partial charge in [-0.05, 0) is 25.5 Å². The first kappa shape index (κ1) is 25.4. The van der Waals surface area contributed by atoms with E-state index >= 15 is 0 Å². The summed E-state index contributed by atoms with van der Waals surface area (Å²) in [6.07, 6.45) is 17.2. The van der Waals surface area contributed by atoms with Crippen molar-refractivity contribution in [3.05, 3.63) is 24.2 Å². The summed E-state index contributed by atoms with van der Waals surface area (Å²) in [7, 11) is 0. The van der Waals surface area contributed by atoms with Crippen LogP contribution in [0.3, 0.4) is 0 Å². The molecule has 29 heavy (non-hydrogen) atoms. The van der Waals surface area contributed by atoms with Gasteiger partial charge in [0, 0.05) is 6.42 Å². The van der Waals surface area contributed by atoms with Gasteiger partial charge in [0.1, 0.15) is 6.04 Å². The first-order valence-corrected chi connectivity index (χ1v) is 11.6. The number of amides is 1. The van der Waals surface area contributed by atoms with Crippen LogP contribution in [0.4, 0.5) is 0 Å². The van der Waals surface area contributed by atoms with Gasteiger partial charge in [0.2, 0.25) is 0 Å². The highest BCUT2D eigenvalue weighted by molar-refractivity contribution is 5.96. The number of ketones is 1. The molecule has 0 saturated heterocycles. The van der Waals surface area contributed by atoms with Gasteiger partial charge in [0.05, 0.1) is 12.4 Å². The quantitative estimate of drug-likeness (QED) is 0.301. The summed E-state index contributed by atoms with van der Waals surface area (Å²) in [5.74, 6) is -0.452. The van der Waals surface area contributed by atoms with Crippen molar-refractivity contribution in [3.8, 4) is 0 Å². The lowest BCUT2D eigenvalue weighted by Gasteiger charge is -2.19. The lowest BCUT2D eigenvalue weighted by Crippen LogP contribution is -2.47. The minimum Gasteiger partial charge on any atom is -0.459 e. The number of furan rings is 1. The van der Waals surface area contributed by atoms with E-state index < -0.39 is 18.1 Å². The number of unbranched alkanes of at least 4 members (excludes halogenated alkanes) is 12. The molecule has 5 nitrogen and oxygen atoms in total. The van der Waals surface area contributed by atoms with Crippen LogP contribution in [0.5, 0.6) is 0 Å². The van der Waals surface area contributed by atoms with Crippen molar-refractivity contribution >= 4 is 11.7 Å². The molecule has 0 unspecified atom stereocenters. The molecule has 5 heteroatoms. The summed E-state index contributed by atoms with van der Waals surface area (Å²) in [6.45, 7) is 3.77. The van der Waals surface area contributed by atoms with Gasteiger partial charge in [-0.15, -0.1) is 0 Å². The third-order valence-electron chi connectivity index (χ3n) is 5.39. The number of hydrogen-bond acceptors (Lipinski definition) is 4. The number of aliphatic hydroxyl groups excluding tert-OH is 1. The van der Waals surface area contributed by atoms with Crippen LogP contribution in [-0.4, -0.2) is 28.9 Å². The Morgan fingerprint density at radius 2 is 1.45 bits per heavy atom. The topological polar surface area (TPSA) is 79.5 Å². The molecule has 0 saturated carbocycles. The van der Waals surface area contributed by atoms with Gasteiger partial charge in [-0.1, -0.05) is 84.0 Å². The van der Waals surface area contributed by atoms with E-state index in [2.05, 4.69) is 12.2 Å². The molecule has 0 aliphatic heterocycles. The van der Waals surface area contributed by atoms with Crippen molar-refractivity contribution in [2.24, 2.45) is 0 Å². The molecule has 0 aliphatic rings. The van der Waals surface area contributed by atoms with E-state index in [4.69, 9.17) is 4.42 Å². The molecular formula is C24H41NO4. The molecule has 0 aliphatic carbocycles. The van der Waals surface area contributed by atoms with Gasteiger partial charge in [-0.2, -0.15) is 0 Å². The summed E-state index contributed by atoms with van der Waals surface area (Å²) in [6, 6.07) is 2.26. The minimum absolute atomic E-state index is 0.122. The highest BCUT2D eigenvalue weighted by atomic mass is 16.3. The molecule has 1 aromatic rings. The zero-order valence-corrected chi connectivity index (χ0v) is 18.5. The Morgan fingerprint density at radius 1 is 0.931 bits per heavy atom. The van der Waals surface area contributed by atoms with Gasteiger partial charge < -0.3 is 14.8 Å². The first-order valence-electron chi connectivity index (χ1n) is 11.6. The van der Waals surface area contributed by atoms with Crippen LogP contribution in [0.1, 0.15) is 114 Å². The Hall–Kier alpha value is -1.62. The average Bonchev–Trinajstić information content (AvgIpc) is 3.24.